The summed E-state index contributed by atoms with van der Waals surface area (Å²) >= 11 is 0. The van der Waals surface area contributed by atoms with Crippen LogP contribution in [0, 0.1) is 0 Å². The highest BCUT2D eigenvalue weighted by molar-refractivity contribution is 5.97. The summed E-state index contributed by atoms with van der Waals surface area (Å²) in [5.74, 6) is -0.0801. The van der Waals surface area contributed by atoms with Crippen LogP contribution in [0.3, 0.4) is 0 Å². The lowest BCUT2D eigenvalue weighted by Crippen LogP contribution is -2.37. The van der Waals surface area contributed by atoms with E-state index in [1.165, 1.54) is 0 Å². The van der Waals surface area contributed by atoms with Crippen molar-refractivity contribution in [3.8, 4) is 0 Å². The zero-order valence-corrected chi connectivity index (χ0v) is 16.6. The molecule has 0 unspecified atom stereocenters. The number of anilines is 3. The summed E-state index contributed by atoms with van der Waals surface area (Å²) in [7, 11) is 0. The van der Waals surface area contributed by atoms with Crippen LogP contribution in [0.1, 0.15) is 36.2 Å². The first-order valence-corrected chi connectivity index (χ1v) is 9.85. The third-order valence-electron chi connectivity index (χ3n) is 5.18. The second-order valence-corrected chi connectivity index (χ2v) is 6.97. The molecule has 0 aromatic heterocycles. The molecule has 1 heterocycles. The van der Waals surface area contributed by atoms with Gasteiger partial charge in [0.25, 0.3) is 5.91 Å². The molecule has 3 rings (SSSR count). The van der Waals surface area contributed by atoms with Gasteiger partial charge in [0.05, 0.1) is 6.54 Å². The highest BCUT2D eigenvalue weighted by atomic mass is 16.2. The standard InChI is InChI=1S/C22H28N4O2/c1-3-25(4-2)22(28)16-10-12-17(13-11-16)24-21(27)15-26-14-6-7-18-19(23)8-5-9-20(18)26/h5,8-13H,3-4,6-7,14-15,23H2,1-2H3,(H,24,27). The molecule has 2 aromatic carbocycles. The van der Waals surface area contributed by atoms with Crippen molar-refractivity contribution in [2.24, 2.45) is 0 Å². The number of carbonyl (C=O) groups is 2. The Hall–Kier alpha value is -3.02. The summed E-state index contributed by atoms with van der Waals surface area (Å²) in [6, 6.07) is 12.9. The van der Waals surface area contributed by atoms with Crippen LogP contribution < -0.4 is 16.0 Å². The summed E-state index contributed by atoms with van der Waals surface area (Å²) < 4.78 is 0. The number of nitrogens with zero attached hydrogens (tertiary/aromatic N) is 2. The highest BCUT2D eigenvalue weighted by Crippen LogP contribution is 2.31. The molecule has 2 aromatic rings. The molecule has 148 valence electrons. The van der Waals surface area contributed by atoms with Crippen molar-refractivity contribution < 1.29 is 9.59 Å². The van der Waals surface area contributed by atoms with Gasteiger partial charge in [-0.05, 0) is 68.7 Å². The Bertz CT molecular complexity index is 844. The largest absolute Gasteiger partial charge is 0.398 e. The zero-order valence-electron chi connectivity index (χ0n) is 16.6. The maximum absolute atomic E-state index is 12.5. The van der Waals surface area contributed by atoms with Crippen LogP contribution in [0.2, 0.25) is 0 Å². The van der Waals surface area contributed by atoms with Gasteiger partial charge in [0, 0.05) is 42.3 Å². The Balaban J connectivity index is 1.63. The third kappa shape index (κ3) is 4.27. The molecule has 0 fully saturated rings. The number of hydrogen-bond acceptors (Lipinski definition) is 4. The van der Waals surface area contributed by atoms with Crippen molar-refractivity contribution in [1.82, 2.24) is 4.90 Å². The molecule has 2 amide bonds. The normalized spacial score (nSPS) is 13.0. The predicted molar refractivity (Wildman–Crippen MR) is 114 cm³/mol. The van der Waals surface area contributed by atoms with E-state index in [1.807, 2.05) is 32.0 Å². The molecular weight excluding hydrogens is 352 g/mol. The SMILES string of the molecule is CCN(CC)C(=O)c1ccc(NC(=O)CN2CCCc3c(N)cccc32)cc1. The van der Waals surface area contributed by atoms with E-state index in [4.69, 9.17) is 5.73 Å². The Morgan fingerprint density at radius 2 is 1.82 bits per heavy atom. The summed E-state index contributed by atoms with van der Waals surface area (Å²) in [5.41, 5.74) is 10.3. The number of nitrogen functional groups attached to an aromatic ring is 1. The van der Waals surface area contributed by atoms with Crippen molar-refractivity contribution in [2.75, 3.05) is 42.1 Å². The predicted octanol–water partition coefficient (Wildman–Crippen LogP) is 3.14. The Labute approximate surface area is 166 Å². The minimum absolute atomic E-state index is 0.00499. The van der Waals surface area contributed by atoms with E-state index in [-0.39, 0.29) is 18.4 Å². The molecule has 6 heteroatoms. The van der Waals surface area contributed by atoms with Crippen molar-refractivity contribution in [3.63, 3.8) is 0 Å². The van der Waals surface area contributed by atoms with Crippen LogP contribution in [0.15, 0.2) is 42.5 Å². The third-order valence-corrected chi connectivity index (χ3v) is 5.18. The smallest absolute Gasteiger partial charge is 0.253 e. The van der Waals surface area contributed by atoms with Gasteiger partial charge in [0.15, 0.2) is 0 Å². The molecular formula is C22H28N4O2. The molecule has 1 aliphatic rings. The fraction of sp³-hybridized carbons (Fsp3) is 0.364. The van der Waals surface area contributed by atoms with Gasteiger partial charge in [0.2, 0.25) is 5.91 Å². The van der Waals surface area contributed by atoms with Crippen LogP contribution in [-0.4, -0.2) is 42.9 Å². The zero-order chi connectivity index (χ0) is 20.1. The quantitative estimate of drug-likeness (QED) is 0.755. The van der Waals surface area contributed by atoms with Crippen LogP contribution in [0.5, 0.6) is 0 Å². The van der Waals surface area contributed by atoms with Crippen LogP contribution in [-0.2, 0) is 11.2 Å². The van der Waals surface area contributed by atoms with Crippen molar-refractivity contribution in [2.45, 2.75) is 26.7 Å². The lowest BCUT2D eigenvalue weighted by atomic mass is 10.00. The van der Waals surface area contributed by atoms with Crippen molar-refractivity contribution in [3.05, 3.63) is 53.6 Å². The number of carbonyl (C=O) groups excluding carboxylic acids is 2. The monoisotopic (exact) mass is 380 g/mol. The van der Waals surface area contributed by atoms with E-state index in [2.05, 4.69) is 10.2 Å². The lowest BCUT2D eigenvalue weighted by molar-refractivity contribution is -0.115. The van der Waals surface area contributed by atoms with Gasteiger partial charge >= 0.3 is 0 Å². The van der Waals surface area contributed by atoms with Gasteiger partial charge in [-0.3, -0.25) is 9.59 Å². The van der Waals surface area contributed by atoms with Gasteiger partial charge in [-0.25, -0.2) is 0 Å². The molecule has 0 spiro atoms. The second kappa shape index (κ2) is 8.78. The molecule has 28 heavy (non-hydrogen) atoms. The number of nitrogens with one attached hydrogen (secondary N) is 1. The van der Waals surface area contributed by atoms with Crippen LogP contribution in [0.4, 0.5) is 17.1 Å². The van der Waals surface area contributed by atoms with E-state index >= 15 is 0 Å². The van der Waals surface area contributed by atoms with Gasteiger partial charge in [0.1, 0.15) is 0 Å². The van der Waals surface area contributed by atoms with Crippen LogP contribution in [0.25, 0.3) is 0 Å². The number of amides is 2. The molecule has 0 atom stereocenters. The number of fused-ring (bicyclic) bond motifs is 1. The van der Waals surface area contributed by atoms with Gasteiger partial charge in [-0.2, -0.15) is 0 Å². The van der Waals surface area contributed by atoms with Crippen molar-refractivity contribution >= 4 is 28.9 Å². The maximum atomic E-state index is 12.5. The average Bonchev–Trinajstić information content (AvgIpc) is 2.70. The number of hydrogen-bond donors (Lipinski definition) is 2. The molecule has 6 nitrogen and oxygen atoms in total. The Kier molecular flexibility index (Phi) is 6.19. The van der Waals surface area contributed by atoms with Gasteiger partial charge in [-0.15, -0.1) is 0 Å². The summed E-state index contributed by atoms with van der Waals surface area (Å²) in [6.45, 7) is 6.38. The van der Waals surface area contributed by atoms with E-state index < -0.39 is 0 Å². The molecule has 1 aliphatic heterocycles. The maximum Gasteiger partial charge on any atom is 0.253 e. The van der Waals surface area contributed by atoms with E-state index in [0.717, 1.165) is 36.3 Å². The van der Waals surface area contributed by atoms with E-state index in [9.17, 15) is 9.59 Å². The van der Waals surface area contributed by atoms with E-state index in [0.29, 0.717) is 24.3 Å². The average molecular weight is 380 g/mol. The Morgan fingerprint density at radius 3 is 2.50 bits per heavy atom. The molecule has 0 saturated heterocycles. The van der Waals surface area contributed by atoms with E-state index in [1.54, 1.807) is 29.2 Å². The van der Waals surface area contributed by atoms with Crippen LogP contribution >= 0.6 is 0 Å². The lowest BCUT2D eigenvalue weighted by Gasteiger charge is -2.31. The first-order chi connectivity index (χ1) is 13.5. The molecule has 0 radical (unpaired) electrons. The minimum atomic E-state index is -0.0851. The number of nitrogens with two attached hydrogens (primary N) is 1. The first kappa shape index (κ1) is 19.7. The summed E-state index contributed by atoms with van der Waals surface area (Å²) in [6.07, 6.45) is 1.93. The fourth-order valence-electron chi connectivity index (χ4n) is 3.66. The topological polar surface area (TPSA) is 78.7 Å². The minimum Gasteiger partial charge on any atom is -0.398 e. The Morgan fingerprint density at radius 1 is 1.11 bits per heavy atom. The van der Waals surface area contributed by atoms with Gasteiger partial charge in [-0.1, -0.05) is 6.07 Å². The molecule has 0 aliphatic carbocycles. The highest BCUT2D eigenvalue weighted by Gasteiger charge is 2.20. The molecule has 0 bridgehead atoms. The number of rotatable bonds is 6. The van der Waals surface area contributed by atoms with Crippen molar-refractivity contribution in [1.29, 1.82) is 0 Å². The summed E-state index contributed by atoms with van der Waals surface area (Å²) in [5, 5.41) is 2.92. The fourth-order valence-corrected chi connectivity index (χ4v) is 3.66. The summed E-state index contributed by atoms with van der Waals surface area (Å²) in [4.78, 5) is 28.7. The first-order valence-electron chi connectivity index (χ1n) is 9.85. The van der Waals surface area contributed by atoms with Gasteiger partial charge < -0.3 is 20.9 Å². The number of benzene rings is 2. The molecule has 3 N–H and O–H groups in total. The second-order valence-electron chi connectivity index (χ2n) is 6.97. The molecule has 0 saturated carbocycles.